The molecule has 0 aliphatic rings. The maximum absolute atomic E-state index is 13.5. The minimum Gasteiger partial charge on any atom is -0.483 e. The van der Waals surface area contributed by atoms with E-state index in [4.69, 9.17) is 20.9 Å². The monoisotopic (exact) mass is 969 g/mol. The topological polar surface area (TPSA) is 187 Å². The van der Waals surface area contributed by atoms with E-state index < -0.39 is 23.9 Å². The number of carbonyl (C=O) groups excluding carboxylic acids is 4. The fourth-order valence-corrected chi connectivity index (χ4v) is 8.22. The number of ether oxygens (including phenoxy) is 2. The van der Waals surface area contributed by atoms with Gasteiger partial charge in [0.2, 0.25) is 11.8 Å². The molecule has 6 aromatic carbocycles. The average Bonchev–Trinajstić information content (AvgIpc) is 3.41. The Morgan fingerprint density at radius 1 is 0.486 bits per heavy atom. The number of carbonyl (C=O) groups is 4. The molecule has 0 fully saturated rings. The van der Waals surface area contributed by atoms with Gasteiger partial charge in [-0.25, -0.2) is 0 Å². The van der Waals surface area contributed by atoms with E-state index in [1.807, 2.05) is 121 Å². The van der Waals surface area contributed by atoms with Crippen molar-refractivity contribution in [3.05, 3.63) is 193 Å². The highest BCUT2D eigenvalue weighted by Crippen LogP contribution is 2.35. The Kier molecular flexibility index (Phi) is 21.4. The molecular weight excluding hydrogens is 901 g/mol. The van der Waals surface area contributed by atoms with Crippen LogP contribution in [0.15, 0.2) is 171 Å². The fourth-order valence-electron chi connectivity index (χ4n) is 8.22. The molecule has 4 amide bonds. The van der Waals surface area contributed by atoms with Crippen LogP contribution in [0.4, 0.5) is 0 Å². The van der Waals surface area contributed by atoms with Crippen LogP contribution < -0.4 is 42.2 Å². The van der Waals surface area contributed by atoms with Gasteiger partial charge in [0.05, 0.1) is 0 Å². The number of hydrogen-bond acceptors (Lipinski definition) is 8. The zero-order valence-corrected chi connectivity index (χ0v) is 41.1. The Labute approximate surface area is 424 Å². The molecule has 6 aromatic rings. The molecule has 6 rings (SSSR count). The third-order valence-corrected chi connectivity index (χ3v) is 12.1. The van der Waals surface area contributed by atoms with Gasteiger partial charge in [0.15, 0.2) is 13.2 Å². The molecule has 0 aliphatic carbocycles. The van der Waals surface area contributed by atoms with Gasteiger partial charge in [0.25, 0.3) is 11.8 Å². The van der Waals surface area contributed by atoms with Gasteiger partial charge in [-0.2, -0.15) is 0 Å². The van der Waals surface area contributed by atoms with E-state index in [0.717, 1.165) is 55.6 Å². The molecule has 2 atom stereocenters. The number of rotatable bonds is 29. The lowest BCUT2D eigenvalue weighted by Crippen LogP contribution is -2.48. The molecule has 12 nitrogen and oxygen atoms in total. The number of hydrogen-bond donors (Lipinski definition) is 6. The third kappa shape index (κ3) is 16.7. The minimum atomic E-state index is -0.782. The maximum atomic E-state index is 13.5. The first-order valence-electron chi connectivity index (χ1n) is 24.7. The first-order valence-corrected chi connectivity index (χ1v) is 24.7. The Morgan fingerprint density at radius 3 is 1.39 bits per heavy atom. The van der Waals surface area contributed by atoms with E-state index in [1.54, 1.807) is 12.1 Å². The van der Waals surface area contributed by atoms with E-state index in [9.17, 15) is 19.2 Å². The molecule has 0 saturated heterocycles. The molecule has 0 heterocycles. The third-order valence-electron chi connectivity index (χ3n) is 12.1. The standard InChI is InChI=1S/C60H68N6O6/c1-3-15-43-27-33-56(72-42-58(68)66-54(22-12-14-36-62)60(70)64-40-45-25-30-49(31-26-45)47-19-9-6-10-20-47)52(37-43)50-32-34-55(51(38-50)16-4-2)71-41-57(67)65-53(21-11-13-35-61)59(69)63-39-44-23-28-48(29-24-44)46-17-7-5-8-18-46/h3-10,17-20,23-34,37-38,53-54H,1-2,11-16,21-22,35-36,39-42,61-62H2,(H,63,69)(H,64,70)(H,65,67)(H,66,68). The van der Waals surface area contributed by atoms with E-state index in [1.165, 1.54) is 0 Å². The van der Waals surface area contributed by atoms with Crippen molar-refractivity contribution >= 4 is 23.6 Å². The number of nitrogens with one attached hydrogen (secondary N) is 4. The summed E-state index contributed by atoms with van der Waals surface area (Å²) in [5.74, 6) is -0.531. The Morgan fingerprint density at radius 2 is 0.917 bits per heavy atom. The van der Waals surface area contributed by atoms with Crippen LogP contribution in [0.2, 0.25) is 0 Å². The predicted octanol–water partition coefficient (Wildman–Crippen LogP) is 8.76. The molecule has 0 spiro atoms. The lowest BCUT2D eigenvalue weighted by atomic mass is 9.97. The highest BCUT2D eigenvalue weighted by molar-refractivity contribution is 5.89. The number of nitrogens with two attached hydrogens (primary N) is 2. The van der Waals surface area contributed by atoms with Crippen molar-refractivity contribution < 1.29 is 28.7 Å². The van der Waals surface area contributed by atoms with Crippen LogP contribution in [0.25, 0.3) is 33.4 Å². The van der Waals surface area contributed by atoms with Crippen LogP contribution in [0, 0.1) is 0 Å². The van der Waals surface area contributed by atoms with Crippen molar-refractivity contribution in [1.29, 1.82) is 0 Å². The maximum Gasteiger partial charge on any atom is 0.258 e. The molecule has 0 saturated carbocycles. The Balaban J connectivity index is 1.07. The highest BCUT2D eigenvalue weighted by atomic mass is 16.5. The summed E-state index contributed by atoms with van der Waals surface area (Å²) in [5.41, 5.74) is 21.0. The normalized spacial score (nSPS) is 11.6. The molecule has 0 aliphatic heterocycles. The van der Waals surface area contributed by atoms with Gasteiger partial charge in [-0.05, 0) is 139 Å². The van der Waals surface area contributed by atoms with Crippen LogP contribution in [-0.2, 0) is 45.1 Å². The summed E-state index contributed by atoms with van der Waals surface area (Å²) in [4.78, 5) is 53.9. The van der Waals surface area contributed by atoms with Crippen LogP contribution in [0.1, 0.15) is 60.8 Å². The molecule has 0 bridgehead atoms. The zero-order chi connectivity index (χ0) is 50.9. The molecule has 374 valence electrons. The summed E-state index contributed by atoms with van der Waals surface area (Å²) in [6.45, 7) is 8.77. The zero-order valence-electron chi connectivity index (χ0n) is 41.1. The molecule has 0 radical (unpaired) electrons. The van der Waals surface area contributed by atoms with Crippen molar-refractivity contribution in [1.82, 2.24) is 21.3 Å². The number of amides is 4. The molecule has 8 N–H and O–H groups in total. The van der Waals surface area contributed by atoms with Crippen LogP contribution in [-0.4, -0.2) is 62.0 Å². The van der Waals surface area contributed by atoms with Crippen molar-refractivity contribution in [2.24, 2.45) is 11.5 Å². The summed E-state index contributed by atoms with van der Waals surface area (Å²) < 4.78 is 12.3. The predicted molar refractivity (Wildman–Crippen MR) is 288 cm³/mol. The minimum absolute atomic E-state index is 0.289. The Bertz CT molecular complexity index is 2690. The molecule has 12 heteroatoms. The Hall–Kier alpha value is -7.80. The van der Waals surface area contributed by atoms with Gasteiger partial charge in [-0.1, -0.05) is 133 Å². The van der Waals surface area contributed by atoms with Crippen molar-refractivity contribution in [3.63, 3.8) is 0 Å². The molecule has 0 aromatic heterocycles. The number of unbranched alkanes of at least 4 members (excludes halogenated alkanes) is 2. The van der Waals surface area contributed by atoms with Gasteiger partial charge >= 0.3 is 0 Å². The largest absolute Gasteiger partial charge is 0.483 e. The summed E-state index contributed by atoms with van der Waals surface area (Å²) in [7, 11) is 0. The van der Waals surface area contributed by atoms with E-state index in [0.29, 0.717) is 89.0 Å². The van der Waals surface area contributed by atoms with Crippen molar-refractivity contribution in [2.75, 3.05) is 26.3 Å². The number of allylic oxidation sites excluding steroid dienone is 2. The lowest BCUT2D eigenvalue weighted by Gasteiger charge is -2.20. The van der Waals surface area contributed by atoms with Crippen LogP contribution >= 0.6 is 0 Å². The van der Waals surface area contributed by atoms with Crippen LogP contribution in [0.3, 0.4) is 0 Å². The summed E-state index contributed by atoms with van der Waals surface area (Å²) in [6, 6.07) is 45.9. The molecule has 2 unspecified atom stereocenters. The lowest BCUT2D eigenvalue weighted by molar-refractivity contribution is -0.130. The summed E-state index contributed by atoms with van der Waals surface area (Å²) >= 11 is 0. The van der Waals surface area contributed by atoms with E-state index in [2.05, 4.69) is 58.7 Å². The van der Waals surface area contributed by atoms with Gasteiger partial charge in [-0.3, -0.25) is 19.2 Å². The smallest absolute Gasteiger partial charge is 0.258 e. The van der Waals surface area contributed by atoms with E-state index in [-0.39, 0.29) is 25.0 Å². The highest BCUT2D eigenvalue weighted by Gasteiger charge is 2.23. The molecule has 72 heavy (non-hydrogen) atoms. The van der Waals surface area contributed by atoms with Gasteiger partial charge < -0.3 is 42.2 Å². The van der Waals surface area contributed by atoms with Gasteiger partial charge in [0.1, 0.15) is 23.6 Å². The SMILES string of the molecule is C=CCc1ccc(OCC(=O)NC(CCCCN)C(=O)NCc2ccc(-c3ccccc3)cc2)c(-c2ccc(OCC(=O)NC(CCCCN)C(=O)NCc3ccc(-c4ccccc4)cc3)c(CC=C)c2)c1. The summed E-state index contributed by atoms with van der Waals surface area (Å²) in [5, 5.41) is 11.7. The second-order valence-electron chi connectivity index (χ2n) is 17.6. The van der Waals surface area contributed by atoms with Crippen molar-refractivity contribution in [3.8, 4) is 44.9 Å². The quantitative estimate of drug-likeness (QED) is 0.0199. The summed E-state index contributed by atoms with van der Waals surface area (Å²) in [6.07, 6.45) is 8.18. The van der Waals surface area contributed by atoms with Gasteiger partial charge in [-0.15, -0.1) is 13.2 Å². The van der Waals surface area contributed by atoms with Crippen LogP contribution in [0.5, 0.6) is 11.5 Å². The second kappa shape index (κ2) is 28.8. The molecular formula is C60H68N6O6. The van der Waals surface area contributed by atoms with Crippen molar-refractivity contribution in [2.45, 2.75) is 76.5 Å². The van der Waals surface area contributed by atoms with Gasteiger partial charge in [0, 0.05) is 18.7 Å². The van der Waals surface area contributed by atoms with E-state index >= 15 is 0 Å². The second-order valence-corrected chi connectivity index (χ2v) is 17.6. The first-order chi connectivity index (χ1) is 35.2. The average molecular weight is 969 g/mol. The first kappa shape index (κ1) is 53.5. The number of benzene rings is 6. The fraction of sp³-hybridized carbons (Fsp3) is 0.267.